The van der Waals surface area contributed by atoms with Gasteiger partial charge in [-0.05, 0) is 20.8 Å². The average molecular weight is 376 g/mol. The van der Waals surface area contributed by atoms with Crippen LogP contribution in [0.3, 0.4) is 0 Å². The quantitative estimate of drug-likeness (QED) is 0.644. The van der Waals surface area contributed by atoms with E-state index in [2.05, 4.69) is 15.4 Å². The summed E-state index contributed by atoms with van der Waals surface area (Å²) in [4.78, 5) is 26.8. The monoisotopic (exact) mass is 375 g/mol. The largest absolute Gasteiger partial charge is 0.356 e. The zero-order chi connectivity index (χ0) is 18.7. The highest BCUT2D eigenvalue weighted by Crippen LogP contribution is 2.19. The predicted octanol–water partition coefficient (Wildman–Crippen LogP) is 1.31. The van der Waals surface area contributed by atoms with E-state index in [1.54, 1.807) is 27.1 Å². The minimum Gasteiger partial charge on any atom is -0.356 e. The standard InChI is InChI=1S/C17H25N7OS/c1-5-18-17(19-9-15-12(2)21-13(3)26-15)23-6-7-24(16(25)11-23)14-8-20-22(4)10-14/h8,10H,5-7,9,11H2,1-4H3,(H,18,19). The smallest absolute Gasteiger partial charge is 0.246 e. The third kappa shape index (κ3) is 4.04. The van der Waals surface area contributed by atoms with Crippen molar-refractivity contribution in [2.24, 2.45) is 12.0 Å². The molecule has 0 atom stereocenters. The number of rotatable bonds is 4. The van der Waals surface area contributed by atoms with Gasteiger partial charge in [0.15, 0.2) is 5.96 Å². The van der Waals surface area contributed by atoms with Gasteiger partial charge < -0.3 is 15.1 Å². The van der Waals surface area contributed by atoms with Gasteiger partial charge in [-0.15, -0.1) is 11.3 Å². The van der Waals surface area contributed by atoms with Gasteiger partial charge in [0, 0.05) is 37.8 Å². The first-order valence-corrected chi connectivity index (χ1v) is 9.54. The Morgan fingerprint density at radius 2 is 2.19 bits per heavy atom. The van der Waals surface area contributed by atoms with E-state index in [0.717, 1.165) is 35.4 Å². The number of hydrogen-bond donors (Lipinski definition) is 1. The molecule has 2 aromatic heterocycles. The fourth-order valence-electron chi connectivity index (χ4n) is 2.97. The number of aliphatic imine (C=N–C) groups is 1. The van der Waals surface area contributed by atoms with Crippen LogP contribution in [0.25, 0.3) is 0 Å². The van der Waals surface area contributed by atoms with Crippen LogP contribution in [0.5, 0.6) is 0 Å². The number of guanidine groups is 1. The summed E-state index contributed by atoms with van der Waals surface area (Å²) in [5.41, 5.74) is 1.87. The van der Waals surface area contributed by atoms with Crippen molar-refractivity contribution >= 4 is 28.9 Å². The predicted molar refractivity (Wildman–Crippen MR) is 104 cm³/mol. The Hall–Kier alpha value is -2.42. The second-order valence-corrected chi connectivity index (χ2v) is 7.54. The second kappa shape index (κ2) is 7.86. The van der Waals surface area contributed by atoms with Crippen LogP contribution in [0.15, 0.2) is 17.4 Å². The maximum absolute atomic E-state index is 12.6. The van der Waals surface area contributed by atoms with Gasteiger partial charge in [-0.2, -0.15) is 5.10 Å². The maximum Gasteiger partial charge on any atom is 0.246 e. The molecule has 1 amide bonds. The molecule has 140 valence electrons. The fourth-order valence-corrected chi connectivity index (χ4v) is 3.83. The zero-order valence-corrected chi connectivity index (χ0v) is 16.5. The van der Waals surface area contributed by atoms with E-state index in [4.69, 9.17) is 4.99 Å². The summed E-state index contributed by atoms with van der Waals surface area (Å²) < 4.78 is 1.71. The number of piperazine rings is 1. The first kappa shape index (κ1) is 18.4. The topological polar surface area (TPSA) is 78.7 Å². The number of nitrogens with one attached hydrogen (secondary N) is 1. The molecule has 0 bridgehead atoms. The molecule has 8 nitrogen and oxygen atoms in total. The average Bonchev–Trinajstić information content (AvgIpc) is 3.16. The van der Waals surface area contributed by atoms with Gasteiger partial charge in [0.1, 0.15) is 6.54 Å². The van der Waals surface area contributed by atoms with Gasteiger partial charge in [-0.1, -0.05) is 0 Å². The molecule has 3 heterocycles. The summed E-state index contributed by atoms with van der Waals surface area (Å²) in [6, 6.07) is 0. The fraction of sp³-hybridized carbons (Fsp3) is 0.529. The molecule has 0 unspecified atom stereocenters. The van der Waals surface area contributed by atoms with Crippen molar-refractivity contribution in [1.29, 1.82) is 0 Å². The lowest BCUT2D eigenvalue weighted by Crippen LogP contribution is -2.55. The minimum absolute atomic E-state index is 0.0552. The van der Waals surface area contributed by atoms with Gasteiger partial charge in [0.2, 0.25) is 5.91 Å². The normalized spacial score (nSPS) is 15.7. The van der Waals surface area contributed by atoms with Gasteiger partial charge in [-0.25, -0.2) is 9.98 Å². The molecule has 1 aliphatic rings. The Morgan fingerprint density at radius 1 is 1.38 bits per heavy atom. The highest BCUT2D eigenvalue weighted by Gasteiger charge is 2.27. The summed E-state index contributed by atoms with van der Waals surface area (Å²) in [6.45, 7) is 9.05. The van der Waals surface area contributed by atoms with Crippen LogP contribution in [-0.2, 0) is 18.4 Å². The lowest BCUT2D eigenvalue weighted by atomic mass is 10.3. The van der Waals surface area contributed by atoms with E-state index in [1.165, 1.54) is 4.88 Å². The molecular weight excluding hydrogens is 350 g/mol. The molecule has 0 aromatic carbocycles. The SMILES string of the molecule is CCNC(=NCc1sc(C)nc1C)N1CCN(c2cnn(C)c2)C(=O)C1. The molecular formula is C17H25N7OS. The Morgan fingerprint density at radius 3 is 2.77 bits per heavy atom. The van der Waals surface area contributed by atoms with Crippen LogP contribution in [0.2, 0.25) is 0 Å². The molecule has 0 spiro atoms. The van der Waals surface area contributed by atoms with Gasteiger partial charge >= 0.3 is 0 Å². The molecule has 1 N–H and O–H groups in total. The molecule has 1 fully saturated rings. The summed E-state index contributed by atoms with van der Waals surface area (Å²) >= 11 is 1.67. The summed E-state index contributed by atoms with van der Waals surface area (Å²) in [5.74, 6) is 0.830. The summed E-state index contributed by atoms with van der Waals surface area (Å²) in [5, 5.41) is 8.51. The number of hydrogen-bond acceptors (Lipinski definition) is 5. The third-order valence-electron chi connectivity index (χ3n) is 4.23. The number of aryl methyl sites for hydroxylation is 3. The van der Waals surface area contributed by atoms with Crippen LogP contribution in [0.4, 0.5) is 5.69 Å². The number of carbonyl (C=O) groups excluding carboxylic acids is 1. The van der Waals surface area contributed by atoms with Gasteiger partial charge in [0.25, 0.3) is 0 Å². The first-order valence-electron chi connectivity index (χ1n) is 8.73. The molecule has 0 aliphatic carbocycles. The Balaban J connectivity index is 1.70. The zero-order valence-electron chi connectivity index (χ0n) is 15.7. The van der Waals surface area contributed by atoms with E-state index in [9.17, 15) is 4.79 Å². The van der Waals surface area contributed by atoms with Gasteiger partial charge in [0.05, 0.1) is 29.1 Å². The summed E-state index contributed by atoms with van der Waals surface area (Å²) in [6.07, 6.45) is 3.59. The maximum atomic E-state index is 12.6. The summed E-state index contributed by atoms with van der Waals surface area (Å²) in [7, 11) is 1.85. The number of thiazole rings is 1. The Labute approximate surface area is 157 Å². The molecule has 3 rings (SSSR count). The molecule has 26 heavy (non-hydrogen) atoms. The molecule has 0 radical (unpaired) electrons. The highest BCUT2D eigenvalue weighted by atomic mass is 32.1. The van der Waals surface area contributed by atoms with Crippen molar-refractivity contribution in [1.82, 2.24) is 25.0 Å². The van der Waals surface area contributed by atoms with Gasteiger partial charge in [-0.3, -0.25) is 9.48 Å². The number of amides is 1. The second-order valence-electron chi connectivity index (χ2n) is 6.25. The minimum atomic E-state index is 0.0552. The molecule has 1 aliphatic heterocycles. The van der Waals surface area contributed by atoms with Crippen LogP contribution in [0, 0.1) is 13.8 Å². The number of anilines is 1. The van der Waals surface area contributed by atoms with E-state index in [-0.39, 0.29) is 5.91 Å². The van der Waals surface area contributed by atoms with Crippen molar-refractivity contribution in [3.8, 4) is 0 Å². The van der Waals surface area contributed by atoms with Crippen molar-refractivity contribution in [2.45, 2.75) is 27.3 Å². The van der Waals surface area contributed by atoms with E-state index in [0.29, 0.717) is 19.6 Å². The number of aromatic nitrogens is 3. The van der Waals surface area contributed by atoms with Crippen LogP contribution in [-0.4, -0.2) is 57.7 Å². The molecule has 1 saturated heterocycles. The van der Waals surface area contributed by atoms with Crippen LogP contribution >= 0.6 is 11.3 Å². The van der Waals surface area contributed by atoms with Crippen molar-refractivity contribution in [3.63, 3.8) is 0 Å². The highest BCUT2D eigenvalue weighted by molar-refractivity contribution is 7.11. The van der Waals surface area contributed by atoms with Crippen LogP contribution in [0.1, 0.15) is 22.5 Å². The Bertz CT molecular complexity index is 810. The van der Waals surface area contributed by atoms with E-state index < -0.39 is 0 Å². The van der Waals surface area contributed by atoms with Crippen molar-refractivity contribution in [3.05, 3.63) is 28.0 Å². The lowest BCUT2D eigenvalue weighted by molar-refractivity contribution is -0.120. The number of carbonyl (C=O) groups is 1. The third-order valence-corrected chi connectivity index (χ3v) is 5.29. The number of nitrogens with zero attached hydrogens (tertiary/aromatic N) is 6. The Kier molecular flexibility index (Phi) is 5.55. The van der Waals surface area contributed by atoms with Crippen molar-refractivity contribution < 1.29 is 4.79 Å². The van der Waals surface area contributed by atoms with Crippen molar-refractivity contribution in [2.75, 3.05) is 31.1 Å². The molecule has 9 heteroatoms. The molecule has 2 aromatic rings. The van der Waals surface area contributed by atoms with E-state index >= 15 is 0 Å². The van der Waals surface area contributed by atoms with E-state index in [1.807, 2.05) is 38.9 Å². The lowest BCUT2D eigenvalue weighted by Gasteiger charge is -2.35. The van der Waals surface area contributed by atoms with Crippen LogP contribution < -0.4 is 10.2 Å². The first-order chi connectivity index (χ1) is 12.5. The molecule has 0 saturated carbocycles.